The van der Waals surface area contributed by atoms with Gasteiger partial charge in [0, 0.05) is 20.1 Å². The third kappa shape index (κ3) is 3.20. The summed E-state index contributed by atoms with van der Waals surface area (Å²) in [7, 11) is 1.63. The van der Waals surface area contributed by atoms with Crippen LogP contribution in [0.25, 0.3) is 0 Å². The van der Waals surface area contributed by atoms with Crippen LogP contribution in [0.1, 0.15) is 27.1 Å². The number of rotatable bonds is 3. The zero-order chi connectivity index (χ0) is 15.7. The lowest BCUT2D eigenvalue weighted by atomic mass is 9.96. The minimum Gasteiger partial charge on any atom is -0.496 e. The van der Waals surface area contributed by atoms with Gasteiger partial charge in [-0.05, 0) is 43.2 Å². The van der Waals surface area contributed by atoms with Crippen molar-refractivity contribution in [3.05, 3.63) is 61.3 Å². The number of aryl methyl sites for hydroxylation is 1. The molecule has 1 unspecified atom stereocenters. The number of methoxy groups -OCH3 is 1. The van der Waals surface area contributed by atoms with Crippen molar-refractivity contribution in [1.82, 2.24) is 0 Å². The SMILES string of the molecule is COc1c(C)cc(Br)c(C)c1C(Br)c1c(F)cccc1Br. The van der Waals surface area contributed by atoms with E-state index >= 15 is 0 Å². The minimum absolute atomic E-state index is 0.259. The van der Waals surface area contributed by atoms with Gasteiger partial charge in [-0.25, -0.2) is 4.39 Å². The Morgan fingerprint density at radius 1 is 1.10 bits per heavy atom. The third-order valence-corrected chi connectivity index (χ3v) is 5.85. The van der Waals surface area contributed by atoms with E-state index in [1.54, 1.807) is 13.2 Å². The summed E-state index contributed by atoms with van der Waals surface area (Å²) in [6.45, 7) is 3.97. The molecule has 2 aromatic rings. The Morgan fingerprint density at radius 2 is 1.76 bits per heavy atom. The summed E-state index contributed by atoms with van der Waals surface area (Å²) in [5.41, 5.74) is 3.52. The molecule has 0 aliphatic rings. The van der Waals surface area contributed by atoms with Crippen molar-refractivity contribution in [1.29, 1.82) is 0 Å². The van der Waals surface area contributed by atoms with Gasteiger partial charge in [0.2, 0.25) is 0 Å². The van der Waals surface area contributed by atoms with Crippen molar-refractivity contribution in [3.8, 4) is 5.75 Å². The molecule has 21 heavy (non-hydrogen) atoms. The molecule has 1 nitrogen and oxygen atoms in total. The maximum atomic E-state index is 14.2. The van der Waals surface area contributed by atoms with Crippen molar-refractivity contribution >= 4 is 47.8 Å². The van der Waals surface area contributed by atoms with Gasteiger partial charge in [-0.1, -0.05) is 53.9 Å². The molecule has 0 aliphatic carbocycles. The second-order valence-corrected chi connectivity index (χ2v) is 7.37. The standard InChI is InChI=1S/C16H14Br3FO/c1-8-7-11(18)9(2)13(16(8)21-3)15(19)14-10(17)5-4-6-12(14)20/h4-7,15H,1-3H3. The highest BCUT2D eigenvalue weighted by molar-refractivity contribution is 9.11. The minimum atomic E-state index is -0.306. The highest BCUT2D eigenvalue weighted by Gasteiger charge is 2.25. The van der Waals surface area contributed by atoms with E-state index < -0.39 is 0 Å². The van der Waals surface area contributed by atoms with E-state index in [-0.39, 0.29) is 10.6 Å². The van der Waals surface area contributed by atoms with E-state index in [1.165, 1.54) is 6.07 Å². The Balaban J connectivity index is 2.71. The number of hydrogen-bond donors (Lipinski definition) is 0. The van der Waals surface area contributed by atoms with Gasteiger partial charge in [0.25, 0.3) is 0 Å². The van der Waals surface area contributed by atoms with Crippen LogP contribution in [0.3, 0.4) is 0 Å². The molecule has 1 atom stereocenters. The van der Waals surface area contributed by atoms with E-state index in [4.69, 9.17) is 4.74 Å². The number of alkyl halides is 1. The molecule has 0 bridgehead atoms. The fourth-order valence-electron chi connectivity index (χ4n) is 2.35. The smallest absolute Gasteiger partial charge is 0.129 e. The largest absolute Gasteiger partial charge is 0.496 e. The third-order valence-electron chi connectivity index (χ3n) is 3.42. The highest BCUT2D eigenvalue weighted by atomic mass is 79.9. The Bertz CT molecular complexity index is 665. The number of halogens is 4. The normalized spacial score (nSPS) is 12.3. The quantitative estimate of drug-likeness (QED) is 0.458. The van der Waals surface area contributed by atoms with Crippen molar-refractivity contribution in [2.45, 2.75) is 18.7 Å². The van der Waals surface area contributed by atoms with Crippen LogP contribution in [-0.4, -0.2) is 7.11 Å². The molecule has 2 aromatic carbocycles. The summed E-state index contributed by atoms with van der Waals surface area (Å²) < 4.78 is 21.5. The molecule has 0 aliphatic heterocycles. The number of benzene rings is 2. The van der Waals surface area contributed by atoms with Crippen LogP contribution in [0.4, 0.5) is 4.39 Å². The van der Waals surface area contributed by atoms with E-state index in [0.29, 0.717) is 5.56 Å². The Kier molecular flexibility index (Phi) is 5.49. The fourth-order valence-corrected chi connectivity index (χ4v) is 4.80. The van der Waals surface area contributed by atoms with Crippen LogP contribution in [0.15, 0.2) is 33.2 Å². The molecule has 2 rings (SSSR count). The van der Waals surface area contributed by atoms with E-state index in [9.17, 15) is 4.39 Å². The van der Waals surface area contributed by atoms with Crippen LogP contribution in [-0.2, 0) is 0 Å². The van der Waals surface area contributed by atoms with Crippen LogP contribution in [0, 0.1) is 19.7 Å². The second-order valence-electron chi connectivity index (χ2n) is 4.75. The van der Waals surface area contributed by atoms with Gasteiger partial charge in [0.15, 0.2) is 0 Å². The summed E-state index contributed by atoms with van der Waals surface area (Å²) in [5, 5.41) is 0. The average molecular weight is 481 g/mol. The molecular formula is C16H14Br3FO. The van der Waals surface area contributed by atoms with E-state index in [0.717, 1.165) is 31.4 Å². The van der Waals surface area contributed by atoms with Crippen molar-refractivity contribution in [2.24, 2.45) is 0 Å². The van der Waals surface area contributed by atoms with Crippen molar-refractivity contribution < 1.29 is 9.13 Å². The predicted molar refractivity (Wildman–Crippen MR) is 95.0 cm³/mol. The number of ether oxygens (including phenoxy) is 1. The molecule has 0 amide bonds. The molecule has 112 valence electrons. The van der Waals surface area contributed by atoms with Gasteiger partial charge in [0.05, 0.1) is 11.9 Å². The summed E-state index contributed by atoms with van der Waals surface area (Å²) in [6, 6.07) is 6.98. The highest BCUT2D eigenvalue weighted by Crippen LogP contribution is 2.45. The lowest BCUT2D eigenvalue weighted by molar-refractivity contribution is 0.406. The van der Waals surface area contributed by atoms with Gasteiger partial charge in [-0.2, -0.15) is 0 Å². The zero-order valence-electron chi connectivity index (χ0n) is 11.8. The first-order chi connectivity index (χ1) is 9.88. The van der Waals surface area contributed by atoms with Gasteiger partial charge in [-0.15, -0.1) is 0 Å². The van der Waals surface area contributed by atoms with Crippen LogP contribution < -0.4 is 4.74 Å². The Hall–Kier alpha value is -0.390. The van der Waals surface area contributed by atoms with E-state index in [2.05, 4.69) is 47.8 Å². The molecule has 0 saturated carbocycles. The fraction of sp³-hybridized carbons (Fsp3) is 0.250. The Morgan fingerprint density at radius 3 is 2.33 bits per heavy atom. The van der Waals surface area contributed by atoms with Gasteiger partial charge in [0.1, 0.15) is 11.6 Å². The zero-order valence-corrected chi connectivity index (χ0v) is 16.6. The molecule has 0 N–H and O–H groups in total. The molecule has 0 aromatic heterocycles. The average Bonchev–Trinajstić information content (AvgIpc) is 2.42. The molecular weight excluding hydrogens is 467 g/mol. The van der Waals surface area contributed by atoms with Crippen molar-refractivity contribution in [2.75, 3.05) is 7.11 Å². The monoisotopic (exact) mass is 478 g/mol. The van der Waals surface area contributed by atoms with Gasteiger partial charge in [-0.3, -0.25) is 0 Å². The van der Waals surface area contributed by atoms with Gasteiger partial charge < -0.3 is 4.74 Å². The first kappa shape index (κ1) is 17.0. The van der Waals surface area contributed by atoms with E-state index in [1.807, 2.05) is 26.0 Å². The second kappa shape index (κ2) is 6.80. The maximum Gasteiger partial charge on any atom is 0.129 e. The summed E-state index contributed by atoms with van der Waals surface area (Å²) >= 11 is 10.6. The maximum absolute atomic E-state index is 14.2. The first-order valence-corrected chi connectivity index (χ1v) is 8.80. The van der Waals surface area contributed by atoms with Gasteiger partial charge >= 0.3 is 0 Å². The molecule has 0 radical (unpaired) electrons. The summed E-state index contributed by atoms with van der Waals surface area (Å²) in [4.78, 5) is -0.306. The molecule has 5 heteroatoms. The summed E-state index contributed by atoms with van der Waals surface area (Å²) in [5.74, 6) is 0.512. The summed E-state index contributed by atoms with van der Waals surface area (Å²) in [6.07, 6.45) is 0. The Labute approximate surface area is 149 Å². The lowest BCUT2D eigenvalue weighted by Crippen LogP contribution is -2.05. The van der Waals surface area contributed by atoms with Crippen LogP contribution >= 0.6 is 47.8 Å². The molecule has 0 heterocycles. The number of hydrogen-bond acceptors (Lipinski definition) is 1. The lowest BCUT2D eigenvalue weighted by Gasteiger charge is -2.21. The molecule has 0 fully saturated rings. The van der Waals surface area contributed by atoms with Crippen LogP contribution in [0.2, 0.25) is 0 Å². The molecule has 0 spiro atoms. The first-order valence-electron chi connectivity index (χ1n) is 6.30. The topological polar surface area (TPSA) is 9.23 Å². The molecule has 0 saturated heterocycles. The van der Waals surface area contributed by atoms with Crippen molar-refractivity contribution in [3.63, 3.8) is 0 Å². The van der Waals surface area contributed by atoms with Crippen LogP contribution in [0.5, 0.6) is 5.75 Å². The predicted octanol–water partition coefficient (Wildman–Crippen LogP) is 6.46.